The highest BCUT2D eigenvalue weighted by molar-refractivity contribution is 8.15. The van der Waals surface area contributed by atoms with E-state index in [1.54, 1.807) is 30.3 Å². The van der Waals surface area contributed by atoms with Crippen LogP contribution in [0.3, 0.4) is 0 Å². The molecule has 12 heteroatoms. The van der Waals surface area contributed by atoms with Crippen molar-refractivity contribution in [2.45, 2.75) is 37.6 Å². The van der Waals surface area contributed by atoms with Crippen molar-refractivity contribution in [3.05, 3.63) is 72.2 Å². The zero-order valence-electron chi connectivity index (χ0n) is 21.5. The minimum absolute atomic E-state index is 0.124. The highest BCUT2D eigenvalue weighted by Crippen LogP contribution is 2.37. The van der Waals surface area contributed by atoms with Crippen molar-refractivity contribution in [1.29, 1.82) is 0 Å². The van der Waals surface area contributed by atoms with Gasteiger partial charge in [-0.25, -0.2) is 9.89 Å². The van der Waals surface area contributed by atoms with E-state index in [0.717, 1.165) is 0 Å². The Morgan fingerprint density at radius 1 is 1.12 bits per heavy atom. The molecule has 0 bridgehead atoms. The highest BCUT2D eigenvalue weighted by Gasteiger charge is 2.43. The molecule has 0 aliphatic carbocycles. The third kappa shape index (κ3) is 5.05. The van der Waals surface area contributed by atoms with Crippen LogP contribution >= 0.6 is 11.8 Å². The first-order valence-corrected chi connectivity index (χ1v) is 13.6. The van der Waals surface area contributed by atoms with E-state index < -0.39 is 11.3 Å². The molecule has 3 amide bonds. The summed E-state index contributed by atoms with van der Waals surface area (Å²) in [5.41, 5.74) is 1.91. The van der Waals surface area contributed by atoms with Gasteiger partial charge in [-0.2, -0.15) is 0 Å². The molecular weight excluding hydrogens is 534 g/mol. The van der Waals surface area contributed by atoms with Crippen LogP contribution in [0.1, 0.15) is 31.1 Å². The average Bonchev–Trinajstić information content (AvgIpc) is 3.71. The quantitative estimate of drug-likeness (QED) is 0.428. The Morgan fingerprint density at radius 2 is 1.98 bits per heavy atom. The fourth-order valence-electron chi connectivity index (χ4n) is 4.51. The van der Waals surface area contributed by atoms with Gasteiger partial charge >= 0.3 is 0 Å². The van der Waals surface area contributed by atoms with Gasteiger partial charge in [-0.3, -0.25) is 19.4 Å². The van der Waals surface area contributed by atoms with Gasteiger partial charge in [0.05, 0.1) is 30.2 Å². The van der Waals surface area contributed by atoms with Crippen LogP contribution in [-0.2, 0) is 20.9 Å². The smallest absolute Gasteiger partial charge is 0.259 e. The van der Waals surface area contributed by atoms with Crippen molar-refractivity contribution in [2.24, 2.45) is 9.98 Å². The number of fused-ring (bicyclic) bond motifs is 4. The van der Waals surface area contributed by atoms with E-state index >= 15 is 0 Å². The van der Waals surface area contributed by atoms with Crippen LogP contribution in [0.25, 0.3) is 0 Å². The molecule has 11 nitrogen and oxygen atoms in total. The molecule has 2 atom stereocenters. The van der Waals surface area contributed by atoms with Crippen LogP contribution in [0.5, 0.6) is 11.5 Å². The van der Waals surface area contributed by atoms with E-state index in [9.17, 15) is 14.4 Å². The molecule has 40 heavy (non-hydrogen) atoms. The first kappa shape index (κ1) is 25.7. The molecule has 0 fully saturated rings. The van der Waals surface area contributed by atoms with Gasteiger partial charge in [-0.1, -0.05) is 30.8 Å². The normalized spacial score (nSPS) is 17.5. The van der Waals surface area contributed by atoms with E-state index in [2.05, 4.69) is 15.6 Å². The van der Waals surface area contributed by atoms with Gasteiger partial charge in [0, 0.05) is 17.3 Å². The summed E-state index contributed by atoms with van der Waals surface area (Å²) in [6.07, 6.45) is 1.89. The Bertz CT molecular complexity index is 1540. The van der Waals surface area contributed by atoms with Crippen molar-refractivity contribution < 1.29 is 28.3 Å². The van der Waals surface area contributed by atoms with Crippen LogP contribution in [0, 0.1) is 0 Å². The third-order valence-electron chi connectivity index (χ3n) is 6.52. The number of aliphatic imine (C=N–C) groups is 2. The van der Waals surface area contributed by atoms with Gasteiger partial charge in [0.15, 0.2) is 16.7 Å². The lowest BCUT2D eigenvalue weighted by atomic mass is 10.1. The molecule has 0 saturated carbocycles. The van der Waals surface area contributed by atoms with Crippen molar-refractivity contribution in [1.82, 2.24) is 10.2 Å². The van der Waals surface area contributed by atoms with Crippen LogP contribution in [0.15, 0.2) is 75.3 Å². The maximum atomic E-state index is 13.6. The van der Waals surface area contributed by atoms with Crippen molar-refractivity contribution in [3.63, 3.8) is 0 Å². The summed E-state index contributed by atoms with van der Waals surface area (Å²) in [5, 5.41) is 5.46. The fourth-order valence-corrected chi connectivity index (χ4v) is 5.53. The number of anilines is 1. The number of para-hydroxylation sites is 1. The summed E-state index contributed by atoms with van der Waals surface area (Å²) in [4.78, 5) is 50.2. The molecule has 1 aromatic heterocycles. The Hall–Kier alpha value is -4.58. The van der Waals surface area contributed by atoms with E-state index in [4.69, 9.17) is 18.9 Å². The zero-order chi connectivity index (χ0) is 27.6. The van der Waals surface area contributed by atoms with Crippen LogP contribution in [0.2, 0.25) is 0 Å². The van der Waals surface area contributed by atoms with Crippen molar-refractivity contribution in [3.8, 4) is 11.5 Å². The van der Waals surface area contributed by atoms with Crippen molar-refractivity contribution >= 4 is 51.9 Å². The number of carbonyl (C=O) groups excluding carboxylic acids is 3. The summed E-state index contributed by atoms with van der Waals surface area (Å²) < 4.78 is 16.0. The van der Waals surface area contributed by atoms with Gasteiger partial charge in [0.25, 0.3) is 5.91 Å². The molecule has 3 aliphatic rings. The second-order valence-corrected chi connectivity index (χ2v) is 10.4. The second kappa shape index (κ2) is 10.9. The average molecular weight is 560 g/mol. The molecule has 3 aromatic rings. The number of thioether (sulfide) groups is 1. The van der Waals surface area contributed by atoms with E-state index in [1.807, 2.05) is 31.2 Å². The summed E-state index contributed by atoms with van der Waals surface area (Å²) in [6.45, 7) is 2.25. The number of rotatable bonds is 8. The largest absolute Gasteiger partial charge is 0.467 e. The number of hydrogen-bond acceptors (Lipinski definition) is 9. The number of amidine groups is 2. The molecule has 0 unspecified atom stereocenters. The monoisotopic (exact) mass is 559 g/mol. The zero-order valence-corrected chi connectivity index (χ0v) is 22.3. The topological polar surface area (TPSA) is 135 Å². The van der Waals surface area contributed by atoms with Gasteiger partial charge in [0.1, 0.15) is 17.6 Å². The van der Waals surface area contributed by atoms with Gasteiger partial charge in [-0.05, 0) is 42.8 Å². The molecule has 4 heterocycles. The number of benzene rings is 2. The van der Waals surface area contributed by atoms with Gasteiger partial charge < -0.3 is 24.5 Å². The molecule has 6 rings (SSSR count). The highest BCUT2D eigenvalue weighted by atomic mass is 32.2. The molecule has 0 radical (unpaired) electrons. The van der Waals surface area contributed by atoms with Gasteiger partial charge in [-0.15, -0.1) is 0 Å². The fraction of sp³-hybridized carbons (Fsp3) is 0.250. The lowest BCUT2D eigenvalue weighted by Gasteiger charge is -2.27. The molecule has 0 spiro atoms. The minimum Gasteiger partial charge on any atom is -0.467 e. The van der Waals surface area contributed by atoms with E-state index in [0.29, 0.717) is 51.6 Å². The number of nitrogens with one attached hydrogen (secondary N) is 2. The molecule has 204 valence electrons. The maximum absolute atomic E-state index is 13.6. The molecule has 0 saturated heterocycles. The Kier molecular flexibility index (Phi) is 6.99. The maximum Gasteiger partial charge on any atom is 0.259 e. The summed E-state index contributed by atoms with van der Waals surface area (Å²) in [7, 11) is 0. The Morgan fingerprint density at radius 3 is 2.80 bits per heavy atom. The van der Waals surface area contributed by atoms with Crippen molar-refractivity contribution in [2.75, 3.05) is 12.1 Å². The predicted molar refractivity (Wildman–Crippen MR) is 149 cm³/mol. The number of ether oxygens (including phenoxy) is 2. The Labute approximate surface area is 233 Å². The van der Waals surface area contributed by atoms with E-state index in [-0.39, 0.29) is 37.5 Å². The first-order valence-electron chi connectivity index (χ1n) is 12.8. The Balaban J connectivity index is 1.19. The lowest BCUT2D eigenvalue weighted by molar-refractivity contribution is -0.128. The van der Waals surface area contributed by atoms with E-state index in [1.165, 1.54) is 22.9 Å². The van der Waals surface area contributed by atoms with Crippen LogP contribution < -0.4 is 20.1 Å². The third-order valence-corrected chi connectivity index (χ3v) is 7.83. The number of hydrogen-bond donors (Lipinski definition) is 2. The predicted octanol–water partition coefficient (Wildman–Crippen LogP) is 3.82. The molecule has 2 N–H and O–H groups in total. The summed E-state index contributed by atoms with van der Waals surface area (Å²) in [5.74, 6) is 1.29. The number of amides is 3. The van der Waals surface area contributed by atoms with Crippen LogP contribution in [-0.4, -0.2) is 51.7 Å². The summed E-state index contributed by atoms with van der Waals surface area (Å²) in [6, 6.07) is 15.1. The lowest BCUT2D eigenvalue weighted by Crippen LogP contribution is -2.43. The molecular formula is C28H25N5O6S. The molecule has 3 aliphatic heterocycles. The SMILES string of the molecule is CC[C@@H](SC1=Nc2ccccc2C2=N[C@H](CC(=O)NCc3ccco3)C(=O)N12)C(=O)Nc1ccc2c(c1)OCO2. The minimum atomic E-state index is -0.911. The number of carbonyl (C=O) groups is 3. The summed E-state index contributed by atoms with van der Waals surface area (Å²) >= 11 is 1.19. The number of nitrogens with zero attached hydrogens (tertiary/aromatic N) is 3. The second-order valence-electron chi connectivity index (χ2n) is 9.19. The van der Waals surface area contributed by atoms with Crippen LogP contribution in [0.4, 0.5) is 11.4 Å². The first-order chi connectivity index (χ1) is 19.5. The van der Waals surface area contributed by atoms with Gasteiger partial charge in [0.2, 0.25) is 18.6 Å². The number of furan rings is 1. The standard InChI is InChI=1S/C28H25N5O6S/c1-2-23(26(35)30-16-9-10-21-22(12-16)39-15-38-21)40-28-32-19-8-4-3-7-18(19)25-31-20(27(36)33(25)28)13-24(34)29-14-17-6-5-11-37-17/h3-12,20,23H,2,13-15H2,1H3,(H,29,34)(H,30,35)/t20-,23-/m1/s1. The molecule has 2 aromatic carbocycles.